The smallest absolute Gasteiger partial charge is 0.167 e. The van der Waals surface area contributed by atoms with Crippen LogP contribution in [-0.4, -0.2) is 21.7 Å². The zero-order chi connectivity index (χ0) is 14.0. The average Bonchev–Trinajstić information content (AvgIpc) is 2.71. The van der Waals surface area contributed by atoms with Crippen molar-refractivity contribution in [2.75, 3.05) is 11.9 Å². The highest BCUT2D eigenvalue weighted by atomic mass is 79.9. The summed E-state index contributed by atoms with van der Waals surface area (Å²) in [6.07, 6.45) is 1.04. The molecule has 0 aliphatic carbocycles. The number of anilines is 1. The quantitative estimate of drug-likeness (QED) is 0.930. The summed E-state index contributed by atoms with van der Waals surface area (Å²) in [6, 6.07) is 0. The van der Waals surface area contributed by atoms with Gasteiger partial charge in [0.15, 0.2) is 5.82 Å². The van der Waals surface area contributed by atoms with E-state index in [4.69, 9.17) is 4.52 Å². The number of hydrogen-bond acceptors (Lipinski definition) is 5. The molecule has 2 rings (SSSR count). The van der Waals surface area contributed by atoms with Crippen molar-refractivity contribution < 1.29 is 4.52 Å². The minimum absolute atomic E-state index is 0.649. The predicted octanol–water partition coefficient (Wildman–Crippen LogP) is 3.64. The second-order valence-corrected chi connectivity index (χ2v) is 5.21. The lowest BCUT2D eigenvalue weighted by molar-refractivity contribution is 0.393. The van der Waals surface area contributed by atoms with Gasteiger partial charge in [-0.3, -0.25) is 0 Å². The van der Waals surface area contributed by atoms with E-state index in [0.29, 0.717) is 5.82 Å². The molecule has 6 heteroatoms. The van der Waals surface area contributed by atoms with Crippen LogP contribution in [0, 0.1) is 20.8 Å². The van der Waals surface area contributed by atoms with Crippen LogP contribution in [0.1, 0.15) is 30.5 Å². The van der Waals surface area contributed by atoms with Gasteiger partial charge in [-0.15, -0.1) is 0 Å². The average molecular weight is 325 g/mol. The zero-order valence-corrected chi connectivity index (χ0v) is 13.1. The highest BCUT2D eigenvalue weighted by Crippen LogP contribution is 2.29. The van der Waals surface area contributed by atoms with Crippen LogP contribution in [-0.2, 0) is 0 Å². The Morgan fingerprint density at radius 1 is 1.16 bits per heavy atom. The predicted molar refractivity (Wildman–Crippen MR) is 78.2 cm³/mol. The van der Waals surface area contributed by atoms with Crippen molar-refractivity contribution in [2.45, 2.75) is 34.1 Å². The fourth-order valence-corrected chi connectivity index (χ4v) is 2.15. The summed E-state index contributed by atoms with van der Waals surface area (Å²) < 4.78 is 6.08. The molecule has 0 aromatic carbocycles. The minimum Gasteiger partial charge on any atom is -0.369 e. The van der Waals surface area contributed by atoms with E-state index in [2.05, 4.69) is 43.3 Å². The van der Waals surface area contributed by atoms with Gasteiger partial charge in [-0.2, -0.15) is 0 Å². The fourth-order valence-electron chi connectivity index (χ4n) is 1.83. The van der Waals surface area contributed by atoms with E-state index in [1.54, 1.807) is 0 Å². The van der Waals surface area contributed by atoms with Gasteiger partial charge in [-0.25, -0.2) is 9.97 Å². The van der Waals surface area contributed by atoms with Crippen molar-refractivity contribution in [3.05, 3.63) is 21.6 Å². The molecule has 0 unspecified atom stereocenters. The van der Waals surface area contributed by atoms with Crippen LogP contribution in [0.2, 0.25) is 0 Å². The van der Waals surface area contributed by atoms with Crippen LogP contribution in [0.3, 0.4) is 0 Å². The lowest BCUT2D eigenvalue weighted by Gasteiger charge is -2.10. The van der Waals surface area contributed by atoms with Crippen molar-refractivity contribution in [2.24, 2.45) is 0 Å². The normalized spacial score (nSPS) is 10.8. The molecule has 2 heterocycles. The highest BCUT2D eigenvalue weighted by molar-refractivity contribution is 9.10. The van der Waals surface area contributed by atoms with E-state index in [0.717, 1.165) is 46.0 Å². The Balaban J connectivity index is 2.50. The van der Waals surface area contributed by atoms with E-state index in [1.807, 2.05) is 20.8 Å². The van der Waals surface area contributed by atoms with Gasteiger partial charge >= 0.3 is 0 Å². The third kappa shape index (κ3) is 2.78. The molecule has 0 saturated carbocycles. The maximum Gasteiger partial charge on any atom is 0.167 e. The lowest BCUT2D eigenvalue weighted by Crippen LogP contribution is -2.06. The number of hydrogen-bond donors (Lipinski definition) is 1. The first-order chi connectivity index (χ1) is 9.04. The molecule has 0 bridgehead atoms. The summed E-state index contributed by atoms with van der Waals surface area (Å²) >= 11 is 3.52. The monoisotopic (exact) mass is 324 g/mol. The van der Waals surface area contributed by atoms with E-state index in [-0.39, 0.29) is 0 Å². The molecular formula is C13H17BrN4O. The second kappa shape index (κ2) is 5.69. The van der Waals surface area contributed by atoms with Gasteiger partial charge in [0.05, 0.1) is 21.4 Å². The van der Waals surface area contributed by atoms with E-state index in [9.17, 15) is 0 Å². The molecule has 2 aromatic rings. The second-order valence-electron chi connectivity index (χ2n) is 4.42. The molecule has 0 saturated heterocycles. The molecule has 102 valence electrons. The van der Waals surface area contributed by atoms with Gasteiger partial charge in [-0.1, -0.05) is 12.1 Å². The Kier molecular flexibility index (Phi) is 4.19. The number of rotatable bonds is 4. The van der Waals surface area contributed by atoms with Gasteiger partial charge in [0, 0.05) is 6.54 Å². The van der Waals surface area contributed by atoms with E-state index in [1.165, 1.54) is 0 Å². The first-order valence-corrected chi connectivity index (χ1v) is 7.05. The number of aryl methyl sites for hydroxylation is 3. The van der Waals surface area contributed by atoms with Crippen molar-refractivity contribution in [1.29, 1.82) is 0 Å². The summed E-state index contributed by atoms with van der Waals surface area (Å²) in [5.41, 5.74) is 2.57. The van der Waals surface area contributed by atoms with Crippen molar-refractivity contribution in [3.8, 4) is 11.4 Å². The molecule has 0 fully saturated rings. The maximum absolute atomic E-state index is 5.18. The van der Waals surface area contributed by atoms with E-state index < -0.39 is 0 Å². The minimum atomic E-state index is 0.649. The Hall–Kier alpha value is -1.43. The van der Waals surface area contributed by atoms with Crippen LogP contribution >= 0.6 is 15.9 Å². The van der Waals surface area contributed by atoms with Gasteiger partial charge in [-0.05, 0) is 43.1 Å². The summed E-state index contributed by atoms with van der Waals surface area (Å²) in [4.78, 5) is 9.07. The van der Waals surface area contributed by atoms with Crippen LogP contribution in [0.25, 0.3) is 11.4 Å². The van der Waals surface area contributed by atoms with Gasteiger partial charge in [0.25, 0.3) is 0 Å². The molecule has 1 N–H and O–H groups in total. The molecule has 0 aliphatic heterocycles. The third-order valence-electron chi connectivity index (χ3n) is 2.82. The van der Waals surface area contributed by atoms with Crippen LogP contribution in [0.5, 0.6) is 0 Å². The molecule has 2 aromatic heterocycles. The molecule has 0 atom stereocenters. The topological polar surface area (TPSA) is 63.8 Å². The molecule has 0 amide bonds. The molecular weight excluding hydrogens is 308 g/mol. The Labute approximate surface area is 121 Å². The van der Waals surface area contributed by atoms with Gasteiger partial charge < -0.3 is 9.84 Å². The fraction of sp³-hybridized carbons (Fsp3) is 0.462. The van der Waals surface area contributed by atoms with E-state index >= 15 is 0 Å². The first kappa shape index (κ1) is 14.0. The maximum atomic E-state index is 5.18. The SMILES string of the molecule is CCCNc1nc(-c2c(C)noc2C)nc(C)c1Br. The summed E-state index contributed by atoms with van der Waals surface area (Å²) in [5, 5.41) is 7.25. The highest BCUT2D eigenvalue weighted by Gasteiger charge is 2.17. The number of nitrogens with one attached hydrogen (secondary N) is 1. The third-order valence-corrected chi connectivity index (χ3v) is 3.77. The number of nitrogens with zero attached hydrogens (tertiary/aromatic N) is 3. The van der Waals surface area contributed by atoms with Gasteiger partial charge in [0.1, 0.15) is 11.6 Å². The Morgan fingerprint density at radius 3 is 2.47 bits per heavy atom. The largest absolute Gasteiger partial charge is 0.369 e. The van der Waals surface area contributed by atoms with Crippen LogP contribution < -0.4 is 5.32 Å². The van der Waals surface area contributed by atoms with Crippen molar-refractivity contribution in [3.63, 3.8) is 0 Å². The molecule has 19 heavy (non-hydrogen) atoms. The van der Waals surface area contributed by atoms with Crippen molar-refractivity contribution >= 4 is 21.7 Å². The molecule has 0 spiro atoms. The Morgan fingerprint density at radius 2 is 1.89 bits per heavy atom. The lowest BCUT2D eigenvalue weighted by atomic mass is 10.2. The van der Waals surface area contributed by atoms with Crippen LogP contribution in [0.4, 0.5) is 5.82 Å². The summed E-state index contributed by atoms with van der Waals surface area (Å²) in [6.45, 7) is 8.70. The molecule has 0 radical (unpaired) electrons. The molecule has 0 aliphatic rings. The summed E-state index contributed by atoms with van der Waals surface area (Å²) in [7, 11) is 0. The zero-order valence-electron chi connectivity index (χ0n) is 11.5. The van der Waals surface area contributed by atoms with Crippen LogP contribution in [0.15, 0.2) is 9.00 Å². The first-order valence-electron chi connectivity index (χ1n) is 6.25. The number of aromatic nitrogens is 3. The molecule has 5 nitrogen and oxygen atoms in total. The summed E-state index contributed by atoms with van der Waals surface area (Å²) in [5.74, 6) is 2.19. The van der Waals surface area contributed by atoms with Crippen molar-refractivity contribution in [1.82, 2.24) is 15.1 Å². The Bertz CT molecular complexity index is 575. The van der Waals surface area contributed by atoms with Gasteiger partial charge in [0.2, 0.25) is 0 Å². The number of halogens is 1. The standard InChI is InChI=1S/C13H17BrN4O/c1-5-6-15-13-11(14)8(3)16-12(17-13)10-7(2)18-19-9(10)4/h5-6H2,1-4H3,(H,15,16,17).